The van der Waals surface area contributed by atoms with Crippen LogP contribution in [0.2, 0.25) is 0 Å². The summed E-state index contributed by atoms with van der Waals surface area (Å²) in [5, 5.41) is 3.31. The summed E-state index contributed by atoms with van der Waals surface area (Å²) >= 11 is 1.24. The van der Waals surface area contributed by atoms with E-state index in [0.29, 0.717) is 47.4 Å². The van der Waals surface area contributed by atoms with Gasteiger partial charge in [0.25, 0.3) is 15.9 Å². The van der Waals surface area contributed by atoms with Gasteiger partial charge in [-0.1, -0.05) is 0 Å². The van der Waals surface area contributed by atoms with E-state index < -0.39 is 10.0 Å². The Morgan fingerprint density at radius 1 is 1.09 bits per heavy atom. The number of sulfonamides is 1. The molecule has 11 heteroatoms. The fourth-order valence-electron chi connectivity index (χ4n) is 4.11. The average Bonchev–Trinajstić information content (AvgIpc) is 3.14. The van der Waals surface area contributed by atoms with E-state index in [1.165, 1.54) is 11.8 Å². The van der Waals surface area contributed by atoms with Gasteiger partial charge < -0.3 is 19.9 Å². The largest absolute Gasteiger partial charge is 0.495 e. The van der Waals surface area contributed by atoms with Gasteiger partial charge in [-0.3, -0.25) is 9.59 Å². The number of amides is 2. The molecule has 0 unspecified atom stereocenters. The van der Waals surface area contributed by atoms with Gasteiger partial charge in [-0.2, -0.15) is 0 Å². The number of ether oxygens (including phenoxy) is 1. The summed E-state index contributed by atoms with van der Waals surface area (Å²) in [7, 11) is -1.88. The number of anilines is 3. The lowest BCUT2D eigenvalue weighted by atomic mass is 10.1. The minimum atomic E-state index is -3.44. The van der Waals surface area contributed by atoms with Crippen molar-refractivity contribution in [2.24, 2.45) is 4.40 Å². The Balaban J connectivity index is 1.38. The highest BCUT2D eigenvalue weighted by atomic mass is 32.2. The minimum Gasteiger partial charge on any atom is -0.495 e. The maximum Gasteiger partial charge on any atom is 0.257 e. The van der Waals surface area contributed by atoms with Crippen molar-refractivity contribution in [3.63, 3.8) is 0 Å². The number of methoxy groups -OCH3 is 1. The topological polar surface area (TPSA) is 108 Å². The Morgan fingerprint density at radius 3 is 2.73 bits per heavy atom. The molecular formula is C22H22N4O5S2. The van der Waals surface area contributed by atoms with Crippen molar-refractivity contribution in [2.75, 3.05) is 41.1 Å². The molecule has 1 N–H and O–H groups in total. The van der Waals surface area contributed by atoms with Crippen molar-refractivity contribution in [3.8, 4) is 5.75 Å². The Hall–Kier alpha value is -3.05. The molecule has 3 aliphatic heterocycles. The highest BCUT2D eigenvalue weighted by molar-refractivity contribution is 8.15. The van der Waals surface area contributed by atoms with Crippen molar-refractivity contribution in [1.82, 2.24) is 0 Å². The van der Waals surface area contributed by atoms with Crippen LogP contribution >= 0.6 is 11.8 Å². The van der Waals surface area contributed by atoms with Crippen LogP contribution in [0, 0.1) is 0 Å². The van der Waals surface area contributed by atoms with E-state index in [1.807, 2.05) is 11.0 Å². The molecule has 3 aliphatic rings. The van der Waals surface area contributed by atoms with Crippen LogP contribution in [-0.2, 0) is 14.8 Å². The fourth-order valence-corrected chi connectivity index (χ4v) is 6.41. The van der Waals surface area contributed by atoms with E-state index in [1.54, 1.807) is 42.3 Å². The maximum absolute atomic E-state index is 13.0. The van der Waals surface area contributed by atoms with Crippen molar-refractivity contribution in [3.05, 3.63) is 42.0 Å². The van der Waals surface area contributed by atoms with Gasteiger partial charge in [0.05, 0.1) is 24.2 Å². The molecule has 0 atom stereocenters. The second-order valence-electron chi connectivity index (χ2n) is 7.94. The number of thioether (sulfide) groups is 1. The van der Waals surface area contributed by atoms with Crippen LogP contribution in [0.5, 0.6) is 5.75 Å². The van der Waals surface area contributed by atoms with Crippen LogP contribution in [-0.4, -0.2) is 51.4 Å². The molecule has 5 rings (SSSR count). The molecule has 9 nitrogen and oxygen atoms in total. The number of carbonyl (C=O) groups excluding carboxylic acids is 2. The van der Waals surface area contributed by atoms with Gasteiger partial charge in [-0.15, -0.1) is 4.40 Å². The SMILES string of the molecule is COc1ccc(NC(=O)c2ccc3c(c2)SC2=NS(=O)(=O)CCN23)cc1N1CCCCC1=O. The normalized spacial score (nSPS) is 18.9. The number of carbonyl (C=O) groups is 2. The lowest BCUT2D eigenvalue weighted by molar-refractivity contribution is -0.119. The minimum absolute atomic E-state index is 0.0297. The highest BCUT2D eigenvalue weighted by Crippen LogP contribution is 2.42. The summed E-state index contributed by atoms with van der Waals surface area (Å²) in [6, 6.07) is 10.5. The molecule has 0 aliphatic carbocycles. The Bertz CT molecular complexity index is 1290. The van der Waals surface area contributed by atoms with E-state index in [9.17, 15) is 18.0 Å². The van der Waals surface area contributed by atoms with E-state index in [0.717, 1.165) is 23.4 Å². The Morgan fingerprint density at radius 2 is 1.94 bits per heavy atom. The molecule has 2 amide bonds. The summed E-state index contributed by atoms with van der Waals surface area (Å²) in [5.41, 5.74) is 2.48. The third kappa shape index (κ3) is 4.18. The summed E-state index contributed by atoms with van der Waals surface area (Å²) in [6.07, 6.45) is 2.29. The van der Waals surface area contributed by atoms with Gasteiger partial charge in [0.15, 0.2) is 5.17 Å². The van der Waals surface area contributed by atoms with Gasteiger partial charge in [-0.05, 0) is 61.0 Å². The molecule has 0 aromatic heterocycles. The predicted molar refractivity (Wildman–Crippen MR) is 128 cm³/mol. The van der Waals surface area contributed by atoms with Gasteiger partial charge in [0, 0.05) is 35.7 Å². The first kappa shape index (κ1) is 21.8. The number of hydrogen-bond acceptors (Lipinski definition) is 7. The lowest BCUT2D eigenvalue weighted by Crippen LogP contribution is -2.35. The molecule has 0 radical (unpaired) electrons. The molecule has 0 spiro atoms. The van der Waals surface area contributed by atoms with E-state index in [2.05, 4.69) is 9.71 Å². The predicted octanol–water partition coefficient (Wildman–Crippen LogP) is 3.08. The van der Waals surface area contributed by atoms with Crippen LogP contribution in [0.4, 0.5) is 17.1 Å². The van der Waals surface area contributed by atoms with Crippen molar-refractivity contribution >= 4 is 55.8 Å². The number of amidine groups is 1. The van der Waals surface area contributed by atoms with Crippen molar-refractivity contribution in [1.29, 1.82) is 0 Å². The van der Waals surface area contributed by atoms with E-state index in [4.69, 9.17) is 4.74 Å². The molecule has 0 saturated carbocycles. The van der Waals surface area contributed by atoms with Crippen LogP contribution < -0.4 is 19.9 Å². The Kier molecular flexibility index (Phi) is 5.53. The molecule has 1 fully saturated rings. The second-order valence-corrected chi connectivity index (χ2v) is 10.7. The van der Waals surface area contributed by atoms with Crippen LogP contribution in [0.1, 0.15) is 29.6 Å². The van der Waals surface area contributed by atoms with Gasteiger partial charge >= 0.3 is 0 Å². The number of nitrogens with one attached hydrogen (secondary N) is 1. The standard InChI is InChI=1S/C22H22N4O5S2/c1-31-18-8-6-15(13-17(18)25-9-3-2-4-20(25)27)23-21(28)14-5-7-16-19(12-14)32-22-24-33(29,30)11-10-26(16)22/h5-8,12-13H,2-4,9-11H2,1H3,(H,23,28). The molecule has 172 valence electrons. The first-order chi connectivity index (χ1) is 15.8. The Labute approximate surface area is 195 Å². The van der Waals surface area contributed by atoms with E-state index in [-0.39, 0.29) is 17.6 Å². The number of fused-ring (bicyclic) bond motifs is 3. The van der Waals surface area contributed by atoms with Gasteiger partial charge in [-0.25, -0.2) is 8.42 Å². The first-order valence-electron chi connectivity index (χ1n) is 10.6. The quantitative estimate of drug-likeness (QED) is 0.707. The van der Waals surface area contributed by atoms with Crippen LogP contribution in [0.3, 0.4) is 0 Å². The first-order valence-corrected chi connectivity index (χ1v) is 13.0. The molecular weight excluding hydrogens is 464 g/mol. The number of hydrogen-bond donors (Lipinski definition) is 1. The molecule has 33 heavy (non-hydrogen) atoms. The highest BCUT2D eigenvalue weighted by Gasteiger charge is 2.33. The smallest absolute Gasteiger partial charge is 0.257 e. The number of piperidine rings is 1. The zero-order valence-electron chi connectivity index (χ0n) is 17.9. The third-order valence-electron chi connectivity index (χ3n) is 5.79. The van der Waals surface area contributed by atoms with Crippen molar-refractivity contribution < 1.29 is 22.7 Å². The van der Waals surface area contributed by atoms with Crippen LogP contribution in [0.25, 0.3) is 0 Å². The third-order valence-corrected chi connectivity index (χ3v) is 8.09. The van der Waals surface area contributed by atoms with Crippen LogP contribution in [0.15, 0.2) is 45.7 Å². The van der Waals surface area contributed by atoms with Gasteiger partial charge in [0.2, 0.25) is 5.91 Å². The number of benzene rings is 2. The summed E-state index contributed by atoms with van der Waals surface area (Å²) in [5.74, 6) is 0.279. The fraction of sp³-hybridized carbons (Fsp3) is 0.318. The van der Waals surface area contributed by atoms with Crippen molar-refractivity contribution in [2.45, 2.75) is 24.2 Å². The molecule has 0 bridgehead atoms. The zero-order valence-corrected chi connectivity index (χ0v) is 19.5. The van der Waals surface area contributed by atoms with Gasteiger partial charge in [0.1, 0.15) is 5.75 Å². The number of nitrogens with zero attached hydrogens (tertiary/aromatic N) is 3. The lowest BCUT2D eigenvalue weighted by Gasteiger charge is -2.28. The monoisotopic (exact) mass is 486 g/mol. The molecule has 3 heterocycles. The summed E-state index contributed by atoms with van der Waals surface area (Å²) in [6.45, 7) is 0.960. The molecule has 2 aromatic rings. The zero-order chi connectivity index (χ0) is 23.2. The molecule has 2 aromatic carbocycles. The number of rotatable bonds is 4. The summed E-state index contributed by atoms with van der Waals surface area (Å²) in [4.78, 5) is 29.7. The summed E-state index contributed by atoms with van der Waals surface area (Å²) < 4.78 is 32.9. The maximum atomic E-state index is 13.0. The second kappa shape index (κ2) is 8.38. The average molecular weight is 487 g/mol. The van der Waals surface area contributed by atoms with E-state index >= 15 is 0 Å². The molecule has 1 saturated heterocycles.